The van der Waals surface area contributed by atoms with E-state index in [9.17, 15) is 9.59 Å². The van der Waals surface area contributed by atoms with E-state index in [-0.39, 0.29) is 17.9 Å². The first-order chi connectivity index (χ1) is 11.5. The molecule has 24 heavy (non-hydrogen) atoms. The van der Waals surface area contributed by atoms with Gasteiger partial charge in [-0.15, -0.1) is 0 Å². The van der Waals surface area contributed by atoms with Crippen molar-refractivity contribution >= 4 is 11.9 Å². The largest absolute Gasteiger partial charge is 0.481 e. The monoisotopic (exact) mass is 327 g/mol. The molecule has 0 bridgehead atoms. The second-order valence-electron chi connectivity index (χ2n) is 6.31. The van der Waals surface area contributed by atoms with Crippen LogP contribution in [0, 0.1) is 12.8 Å². The first kappa shape index (κ1) is 16.2. The van der Waals surface area contributed by atoms with E-state index >= 15 is 0 Å². The van der Waals surface area contributed by atoms with Crippen LogP contribution in [0.4, 0.5) is 0 Å². The Labute approximate surface area is 140 Å². The van der Waals surface area contributed by atoms with Gasteiger partial charge in [0.25, 0.3) is 5.91 Å². The second-order valence-corrected chi connectivity index (χ2v) is 6.31. The molecule has 1 saturated carbocycles. The van der Waals surface area contributed by atoms with Crippen LogP contribution in [0.15, 0.2) is 36.5 Å². The summed E-state index contributed by atoms with van der Waals surface area (Å²) in [5, 5.41) is 16.3. The topological polar surface area (TPSA) is 84.2 Å². The summed E-state index contributed by atoms with van der Waals surface area (Å²) in [6.45, 7) is 2.49. The van der Waals surface area contributed by atoms with Crippen LogP contribution in [-0.4, -0.2) is 32.8 Å². The Kier molecular flexibility index (Phi) is 4.64. The van der Waals surface area contributed by atoms with E-state index in [1.165, 1.54) is 0 Å². The highest BCUT2D eigenvalue weighted by molar-refractivity contribution is 5.95. The molecule has 2 aromatic rings. The highest BCUT2D eigenvalue weighted by atomic mass is 16.4. The van der Waals surface area contributed by atoms with Gasteiger partial charge in [-0.25, -0.2) is 0 Å². The van der Waals surface area contributed by atoms with Crippen LogP contribution < -0.4 is 5.32 Å². The van der Waals surface area contributed by atoms with Crippen LogP contribution >= 0.6 is 0 Å². The lowest BCUT2D eigenvalue weighted by Gasteiger charge is -2.12. The summed E-state index contributed by atoms with van der Waals surface area (Å²) in [4.78, 5) is 23.5. The van der Waals surface area contributed by atoms with Crippen LogP contribution in [0.3, 0.4) is 0 Å². The molecule has 2 atom stereocenters. The summed E-state index contributed by atoms with van der Waals surface area (Å²) < 4.78 is 1.80. The SMILES string of the molecule is Cc1c(C(=O)N[C@@H]2CC[C@H](C(=O)O)C2)cnn1Cc1ccccc1. The lowest BCUT2D eigenvalue weighted by molar-refractivity contribution is -0.141. The zero-order valence-corrected chi connectivity index (χ0v) is 13.6. The van der Waals surface area contributed by atoms with Gasteiger partial charge in [0.1, 0.15) is 0 Å². The van der Waals surface area contributed by atoms with E-state index in [2.05, 4.69) is 10.4 Å². The molecule has 1 aromatic heterocycles. The van der Waals surface area contributed by atoms with Gasteiger partial charge < -0.3 is 10.4 Å². The number of benzene rings is 1. The Morgan fingerprint density at radius 3 is 2.71 bits per heavy atom. The molecule has 1 fully saturated rings. The van der Waals surface area contributed by atoms with Crippen LogP contribution in [0.5, 0.6) is 0 Å². The molecule has 2 N–H and O–H groups in total. The summed E-state index contributed by atoms with van der Waals surface area (Å²) in [6, 6.07) is 9.87. The van der Waals surface area contributed by atoms with Crippen molar-refractivity contribution < 1.29 is 14.7 Å². The summed E-state index contributed by atoms with van der Waals surface area (Å²) in [6.07, 6.45) is 3.40. The molecule has 0 aliphatic heterocycles. The zero-order valence-electron chi connectivity index (χ0n) is 13.6. The molecule has 126 valence electrons. The number of amides is 1. The van der Waals surface area contributed by atoms with Crippen LogP contribution in [-0.2, 0) is 11.3 Å². The van der Waals surface area contributed by atoms with Gasteiger partial charge in [-0.1, -0.05) is 30.3 Å². The number of hydrogen-bond donors (Lipinski definition) is 2. The molecule has 1 amide bonds. The summed E-state index contributed by atoms with van der Waals surface area (Å²) in [5.41, 5.74) is 2.48. The fraction of sp³-hybridized carbons (Fsp3) is 0.389. The smallest absolute Gasteiger partial charge is 0.306 e. The predicted octanol–water partition coefficient (Wildman–Crippen LogP) is 2.22. The molecule has 0 saturated heterocycles. The number of carboxylic acid groups (broad SMARTS) is 1. The quantitative estimate of drug-likeness (QED) is 0.882. The first-order valence-electron chi connectivity index (χ1n) is 8.14. The van der Waals surface area contributed by atoms with E-state index in [0.717, 1.165) is 11.3 Å². The Hall–Kier alpha value is -2.63. The van der Waals surface area contributed by atoms with Gasteiger partial charge in [0.2, 0.25) is 0 Å². The standard InChI is InChI=1S/C18H21N3O3/c1-12-16(10-19-21(12)11-13-5-3-2-4-6-13)17(22)20-15-8-7-14(9-15)18(23)24/h2-6,10,14-15H,7-9,11H2,1H3,(H,20,22)(H,23,24)/t14-,15+/m0/s1. The van der Waals surface area contributed by atoms with Gasteiger partial charge in [0.15, 0.2) is 0 Å². The minimum atomic E-state index is -0.779. The van der Waals surface area contributed by atoms with Crippen molar-refractivity contribution in [3.05, 3.63) is 53.3 Å². The Balaban J connectivity index is 1.65. The summed E-state index contributed by atoms with van der Waals surface area (Å²) >= 11 is 0. The number of nitrogens with zero attached hydrogens (tertiary/aromatic N) is 2. The van der Waals surface area contributed by atoms with E-state index < -0.39 is 5.97 Å². The number of carboxylic acids is 1. The maximum atomic E-state index is 12.5. The molecule has 0 spiro atoms. The number of carbonyl (C=O) groups excluding carboxylic acids is 1. The molecule has 1 aromatic carbocycles. The van der Waals surface area contributed by atoms with Crippen LogP contribution in [0.1, 0.15) is 40.9 Å². The van der Waals surface area contributed by atoms with Crippen LogP contribution in [0.2, 0.25) is 0 Å². The number of carbonyl (C=O) groups is 2. The minimum Gasteiger partial charge on any atom is -0.481 e. The minimum absolute atomic E-state index is 0.0736. The summed E-state index contributed by atoms with van der Waals surface area (Å²) in [7, 11) is 0. The molecule has 0 unspecified atom stereocenters. The molecule has 1 aliphatic carbocycles. The van der Waals surface area contributed by atoms with Crippen molar-refractivity contribution in [2.24, 2.45) is 5.92 Å². The molecule has 0 radical (unpaired) electrons. The normalized spacial score (nSPS) is 20.0. The van der Waals surface area contributed by atoms with Crippen LogP contribution in [0.25, 0.3) is 0 Å². The average molecular weight is 327 g/mol. The third-order valence-electron chi connectivity index (χ3n) is 4.64. The third-order valence-corrected chi connectivity index (χ3v) is 4.64. The van der Waals surface area contributed by atoms with Crippen molar-refractivity contribution in [1.82, 2.24) is 15.1 Å². The number of aromatic nitrogens is 2. The Morgan fingerprint density at radius 1 is 1.29 bits per heavy atom. The van der Waals surface area contributed by atoms with Crippen molar-refractivity contribution in [2.75, 3.05) is 0 Å². The molecule has 1 heterocycles. The molecular formula is C18H21N3O3. The van der Waals surface area contributed by atoms with Crippen molar-refractivity contribution in [3.63, 3.8) is 0 Å². The number of nitrogens with one attached hydrogen (secondary N) is 1. The highest BCUT2D eigenvalue weighted by Gasteiger charge is 2.31. The Bertz CT molecular complexity index is 739. The van der Waals surface area contributed by atoms with Gasteiger partial charge in [0.05, 0.1) is 24.2 Å². The van der Waals surface area contributed by atoms with Crippen molar-refractivity contribution in [1.29, 1.82) is 0 Å². The van der Waals surface area contributed by atoms with Gasteiger partial charge in [-0.05, 0) is 31.7 Å². The van der Waals surface area contributed by atoms with E-state index in [0.29, 0.717) is 31.4 Å². The van der Waals surface area contributed by atoms with Gasteiger partial charge in [0, 0.05) is 11.7 Å². The lowest BCUT2D eigenvalue weighted by atomic mass is 10.1. The summed E-state index contributed by atoms with van der Waals surface area (Å²) in [5.74, 6) is -1.31. The maximum absolute atomic E-state index is 12.5. The number of rotatable bonds is 5. The van der Waals surface area contributed by atoms with Gasteiger partial charge in [-0.2, -0.15) is 5.10 Å². The van der Waals surface area contributed by atoms with Gasteiger partial charge in [-0.3, -0.25) is 14.3 Å². The highest BCUT2D eigenvalue weighted by Crippen LogP contribution is 2.26. The molecule has 6 heteroatoms. The number of aliphatic carboxylic acids is 1. The van der Waals surface area contributed by atoms with E-state index in [4.69, 9.17) is 5.11 Å². The lowest BCUT2D eigenvalue weighted by Crippen LogP contribution is -2.33. The average Bonchev–Trinajstić information content (AvgIpc) is 3.16. The van der Waals surface area contributed by atoms with E-state index in [1.807, 2.05) is 37.3 Å². The number of hydrogen-bond acceptors (Lipinski definition) is 3. The fourth-order valence-corrected chi connectivity index (χ4v) is 3.19. The third kappa shape index (κ3) is 3.48. The maximum Gasteiger partial charge on any atom is 0.306 e. The van der Waals surface area contributed by atoms with Crippen molar-refractivity contribution in [2.45, 2.75) is 38.8 Å². The molecule has 3 rings (SSSR count). The molecular weight excluding hydrogens is 306 g/mol. The fourth-order valence-electron chi connectivity index (χ4n) is 3.19. The second kappa shape index (κ2) is 6.86. The van der Waals surface area contributed by atoms with Crippen molar-refractivity contribution in [3.8, 4) is 0 Å². The molecule has 6 nitrogen and oxygen atoms in total. The zero-order chi connectivity index (χ0) is 17.1. The predicted molar refractivity (Wildman–Crippen MR) is 88.7 cm³/mol. The first-order valence-corrected chi connectivity index (χ1v) is 8.14. The van der Waals surface area contributed by atoms with Gasteiger partial charge >= 0.3 is 5.97 Å². The van der Waals surface area contributed by atoms with E-state index in [1.54, 1.807) is 10.9 Å². The Morgan fingerprint density at radius 2 is 2.04 bits per heavy atom. The molecule has 1 aliphatic rings.